The van der Waals surface area contributed by atoms with Crippen molar-refractivity contribution in [3.05, 3.63) is 11.8 Å². The van der Waals surface area contributed by atoms with Gasteiger partial charge in [0.2, 0.25) is 5.76 Å². The topological polar surface area (TPSA) is 78.6 Å². The van der Waals surface area contributed by atoms with Gasteiger partial charge in [0.05, 0.1) is 20.3 Å². The Morgan fingerprint density at radius 1 is 1.46 bits per heavy atom. The van der Waals surface area contributed by atoms with Crippen molar-refractivity contribution >= 4 is 11.8 Å². The van der Waals surface area contributed by atoms with Crippen molar-refractivity contribution in [2.24, 2.45) is 0 Å². The number of methoxy groups -OCH3 is 2. The van der Waals surface area contributed by atoms with E-state index in [-0.39, 0.29) is 11.6 Å². The van der Waals surface area contributed by atoms with Crippen molar-refractivity contribution in [1.82, 2.24) is 5.16 Å². The Balaban J connectivity index is 2.83. The Labute approximate surface area is 73.4 Å². The third-order valence-electron chi connectivity index (χ3n) is 1.29. The summed E-state index contributed by atoms with van der Waals surface area (Å²) in [6.45, 7) is 0. The minimum atomic E-state index is -1.00. The van der Waals surface area contributed by atoms with Gasteiger partial charge in [-0.15, -0.1) is 0 Å². The molecule has 0 fully saturated rings. The molecule has 0 radical (unpaired) electrons. The lowest BCUT2D eigenvalue weighted by molar-refractivity contribution is -0.135. The van der Waals surface area contributed by atoms with E-state index in [1.165, 1.54) is 13.2 Å². The summed E-state index contributed by atoms with van der Waals surface area (Å²) in [6, 6.07) is 1.21. The molecule has 1 heterocycles. The zero-order valence-electron chi connectivity index (χ0n) is 7.07. The highest BCUT2D eigenvalue weighted by Crippen LogP contribution is 2.11. The standard InChI is InChI=1S/C7H7NO5/c1-11-5-3-4(13-8-5)6(9)7(10)12-2/h3H,1-2H3. The number of hydrogen-bond donors (Lipinski definition) is 0. The smallest absolute Gasteiger partial charge is 0.382 e. The summed E-state index contributed by atoms with van der Waals surface area (Å²) in [4.78, 5) is 21.8. The van der Waals surface area contributed by atoms with Gasteiger partial charge in [-0.25, -0.2) is 4.79 Å². The van der Waals surface area contributed by atoms with Gasteiger partial charge in [0.1, 0.15) is 0 Å². The molecule has 0 saturated carbocycles. The van der Waals surface area contributed by atoms with Gasteiger partial charge in [0, 0.05) is 0 Å². The van der Waals surface area contributed by atoms with E-state index < -0.39 is 11.8 Å². The van der Waals surface area contributed by atoms with E-state index >= 15 is 0 Å². The number of hydrogen-bond acceptors (Lipinski definition) is 6. The summed E-state index contributed by atoms with van der Waals surface area (Å²) in [6.07, 6.45) is 0. The Morgan fingerprint density at radius 3 is 2.62 bits per heavy atom. The molecule has 13 heavy (non-hydrogen) atoms. The van der Waals surface area contributed by atoms with E-state index in [4.69, 9.17) is 0 Å². The third-order valence-corrected chi connectivity index (χ3v) is 1.29. The van der Waals surface area contributed by atoms with Gasteiger partial charge in [-0.05, 0) is 5.16 Å². The summed E-state index contributed by atoms with van der Waals surface area (Å²) in [5, 5.41) is 3.35. The minimum absolute atomic E-state index is 0.132. The molecule has 70 valence electrons. The first-order valence-electron chi connectivity index (χ1n) is 3.32. The second-order valence-corrected chi connectivity index (χ2v) is 2.05. The Hall–Kier alpha value is -1.85. The van der Waals surface area contributed by atoms with Gasteiger partial charge in [0.15, 0.2) is 0 Å². The van der Waals surface area contributed by atoms with Crippen molar-refractivity contribution in [1.29, 1.82) is 0 Å². The molecule has 0 aliphatic carbocycles. The Bertz CT molecular complexity index is 329. The fourth-order valence-corrected chi connectivity index (χ4v) is 0.655. The zero-order chi connectivity index (χ0) is 9.84. The molecular formula is C7H7NO5. The van der Waals surface area contributed by atoms with E-state index in [0.29, 0.717) is 0 Å². The molecule has 1 rings (SSSR count). The largest absolute Gasteiger partial charge is 0.479 e. The first-order valence-corrected chi connectivity index (χ1v) is 3.32. The van der Waals surface area contributed by atoms with Crippen LogP contribution in [0.3, 0.4) is 0 Å². The number of Topliss-reactive ketones (excluding diaryl/α,β-unsaturated/α-hetero) is 1. The molecule has 0 N–H and O–H groups in total. The first kappa shape index (κ1) is 9.24. The first-order chi connectivity index (χ1) is 6.19. The molecule has 0 unspecified atom stereocenters. The van der Waals surface area contributed by atoms with Crippen LogP contribution in [-0.2, 0) is 9.53 Å². The van der Waals surface area contributed by atoms with E-state index in [9.17, 15) is 9.59 Å². The van der Waals surface area contributed by atoms with Crippen LogP contribution in [0, 0.1) is 0 Å². The van der Waals surface area contributed by atoms with Gasteiger partial charge in [-0.2, -0.15) is 0 Å². The molecule has 6 nitrogen and oxygen atoms in total. The van der Waals surface area contributed by atoms with Crippen LogP contribution in [0.2, 0.25) is 0 Å². The molecule has 0 aromatic carbocycles. The van der Waals surface area contributed by atoms with E-state index in [1.54, 1.807) is 0 Å². The van der Waals surface area contributed by atoms with Crippen LogP contribution in [0.4, 0.5) is 0 Å². The van der Waals surface area contributed by atoms with E-state index in [1.807, 2.05) is 0 Å². The molecule has 1 aromatic heterocycles. The number of ketones is 1. The number of aromatic nitrogens is 1. The van der Waals surface area contributed by atoms with Crippen LogP contribution in [-0.4, -0.2) is 31.1 Å². The Morgan fingerprint density at radius 2 is 2.15 bits per heavy atom. The lowest BCUT2D eigenvalue weighted by Gasteiger charge is -1.91. The molecule has 6 heteroatoms. The molecule has 0 atom stereocenters. The number of esters is 1. The summed E-state index contributed by atoms with van der Waals surface area (Å²) in [7, 11) is 2.47. The summed E-state index contributed by atoms with van der Waals surface area (Å²) >= 11 is 0. The van der Waals surface area contributed by atoms with Crippen LogP contribution < -0.4 is 4.74 Å². The van der Waals surface area contributed by atoms with Crippen molar-refractivity contribution in [2.45, 2.75) is 0 Å². The highest BCUT2D eigenvalue weighted by Gasteiger charge is 2.21. The highest BCUT2D eigenvalue weighted by molar-refractivity contribution is 6.39. The zero-order valence-corrected chi connectivity index (χ0v) is 7.07. The van der Waals surface area contributed by atoms with Gasteiger partial charge in [-0.3, -0.25) is 4.79 Å². The van der Waals surface area contributed by atoms with E-state index in [0.717, 1.165) is 7.11 Å². The molecule has 0 amide bonds. The summed E-state index contributed by atoms with van der Waals surface area (Å²) in [5.41, 5.74) is 0. The van der Waals surface area contributed by atoms with Crippen LogP contribution in [0.5, 0.6) is 5.88 Å². The lowest BCUT2D eigenvalue weighted by Crippen LogP contribution is -2.14. The molecule has 0 saturated heterocycles. The average Bonchev–Trinajstić information content (AvgIpc) is 2.63. The highest BCUT2D eigenvalue weighted by atomic mass is 16.5. The third kappa shape index (κ3) is 1.84. The maximum Gasteiger partial charge on any atom is 0.382 e. The van der Waals surface area contributed by atoms with Gasteiger partial charge in [0.25, 0.3) is 5.88 Å². The number of nitrogens with zero attached hydrogens (tertiary/aromatic N) is 1. The normalized spacial score (nSPS) is 9.38. The second kappa shape index (κ2) is 3.70. The van der Waals surface area contributed by atoms with Crippen LogP contribution in [0.15, 0.2) is 10.6 Å². The maximum absolute atomic E-state index is 11.0. The van der Waals surface area contributed by atoms with Crippen molar-refractivity contribution in [3.63, 3.8) is 0 Å². The van der Waals surface area contributed by atoms with Gasteiger partial charge >= 0.3 is 11.8 Å². The van der Waals surface area contributed by atoms with Crippen LogP contribution in [0.25, 0.3) is 0 Å². The van der Waals surface area contributed by atoms with Gasteiger partial charge in [-0.1, -0.05) is 0 Å². The minimum Gasteiger partial charge on any atom is -0.479 e. The van der Waals surface area contributed by atoms with Crippen molar-refractivity contribution in [3.8, 4) is 5.88 Å². The Kier molecular flexibility index (Phi) is 2.63. The van der Waals surface area contributed by atoms with Crippen LogP contribution in [0.1, 0.15) is 10.6 Å². The monoisotopic (exact) mass is 185 g/mol. The molecule has 0 spiro atoms. The second-order valence-electron chi connectivity index (χ2n) is 2.05. The lowest BCUT2D eigenvalue weighted by atomic mass is 10.3. The number of ether oxygens (including phenoxy) is 2. The number of carbonyl (C=O) groups is 2. The van der Waals surface area contributed by atoms with Crippen molar-refractivity contribution < 1.29 is 23.6 Å². The van der Waals surface area contributed by atoms with Crippen molar-refractivity contribution in [2.75, 3.05) is 14.2 Å². The number of carbonyl (C=O) groups excluding carboxylic acids is 2. The maximum atomic E-state index is 11.0. The van der Waals surface area contributed by atoms with Gasteiger partial charge < -0.3 is 14.0 Å². The predicted molar refractivity (Wildman–Crippen MR) is 39.4 cm³/mol. The SMILES string of the molecule is COC(=O)C(=O)c1cc(OC)no1. The fourth-order valence-electron chi connectivity index (χ4n) is 0.655. The summed E-state index contributed by atoms with van der Waals surface area (Å²) in [5.74, 6) is -1.96. The average molecular weight is 185 g/mol. The fraction of sp³-hybridized carbons (Fsp3) is 0.286. The molecule has 0 aliphatic rings. The summed E-state index contributed by atoms with van der Waals surface area (Å²) < 4.78 is 13.4. The molecule has 0 aliphatic heterocycles. The molecule has 1 aromatic rings. The number of rotatable bonds is 3. The quantitative estimate of drug-likeness (QED) is 0.375. The predicted octanol–water partition coefficient (Wildman–Crippen LogP) is 0.0389. The molecular weight excluding hydrogens is 178 g/mol. The molecule has 0 bridgehead atoms. The van der Waals surface area contributed by atoms with Crippen LogP contribution >= 0.6 is 0 Å². The van der Waals surface area contributed by atoms with E-state index in [2.05, 4.69) is 19.2 Å².